The first-order chi connectivity index (χ1) is 14.9. The Kier molecular flexibility index (Phi) is 5.97. The fraction of sp³-hybridized carbons (Fsp3) is 0.167. The molecule has 0 saturated heterocycles. The molecule has 0 aliphatic carbocycles. The summed E-state index contributed by atoms with van der Waals surface area (Å²) in [6.45, 7) is 2.29. The fourth-order valence-electron chi connectivity index (χ4n) is 3.56. The molecule has 31 heavy (non-hydrogen) atoms. The number of carbonyl (C=O) groups excluding carboxylic acids is 1. The van der Waals surface area contributed by atoms with Gasteiger partial charge in [-0.3, -0.25) is 9.69 Å². The summed E-state index contributed by atoms with van der Waals surface area (Å²) in [7, 11) is -3.73. The highest BCUT2D eigenvalue weighted by Crippen LogP contribution is 2.28. The molecular formula is C24H23N3O3S. The van der Waals surface area contributed by atoms with Gasteiger partial charge < -0.3 is 0 Å². The van der Waals surface area contributed by atoms with E-state index >= 15 is 0 Å². The van der Waals surface area contributed by atoms with Crippen molar-refractivity contribution in [2.75, 3.05) is 11.4 Å². The number of pyridine rings is 1. The smallest absolute Gasteiger partial charge is 0.252 e. The molecule has 1 aliphatic heterocycles. The summed E-state index contributed by atoms with van der Waals surface area (Å²) in [6, 6.07) is 21.0. The van der Waals surface area contributed by atoms with Crippen molar-refractivity contribution in [1.29, 1.82) is 0 Å². The van der Waals surface area contributed by atoms with Crippen molar-refractivity contribution in [3.05, 3.63) is 102 Å². The predicted octanol–water partition coefficient (Wildman–Crippen LogP) is 3.77. The van der Waals surface area contributed by atoms with E-state index in [0.717, 1.165) is 16.7 Å². The number of hydrogen-bond donors (Lipinski definition) is 1. The van der Waals surface area contributed by atoms with Gasteiger partial charge >= 0.3 is 0 Å². The maximum absolute atomic E-state index is 13.0. The lowest BCUT2D eigenvalue weighted by Crippen LogP contribution is -2.30. The van der Waals surface area contributed by atoms with Crippen molar-refractivity contribution >= 4 is 21.7 Å². The third-order valence-electron chi connectivity index (χ3n) is 5.18. The average molecular weight is 434 g/mol. The van der Waals surface area contributed by atoms with E-state index in [1.807, 2.05) is 43.3 Å². The molecular weight excluding hydrogens is 410 g/mol. The molecule has 2 heterocycles. The predicted molar refractivity (Wildman–Crippen MR) is 120 cm³/mol. The molecule has 0 saturated carbocycles. The van der Waals surface area contributed by atoms with Crippen molar-refractivity contribution in [1.82, 2.24) is 9.71 Å². The van der Waals surface area contributed by atoms with Gasteiger partial charge in [0.2, 0.25) is 10.0 Å². The normalized spacial score (nSPS) is 15.1. The molecule has 3 aromatic rings. The summed E-state index contributed by atoms with van der Waals surface area (Å²) in [5.74, 6) is 0.428. The number of rotatable bonds is 7. The van der Waals surface area contributed by atoms with Crippen LogP contribution in [0.4, 0.5) is 5.82 Å². The van der Waals surface area contributed by atoms with Crippen LogP contribution < -0.4 is 9.62 Å². The second-order valence-electron chi connectivity index (χ2n) is 7.52. The van der Waals surface area contributed by atoms with Gasteiger partial charge in [-0.25, -0.2) is 18.1 Å². The average Bonchev–Trinajstić information content (AvgIpc) is 3.14. The van der Waals surface area contributed by atoms with E-state index in [9.17, 15) is 13.2 Å². The molecule has 0 radical (unpaired) electrons. The quantitative estimate of drug-likeness (QED) is 0.615. The van der Waals surface area contributed by atoms with Gasteiger partial charge in [-0.1, -0.05) is 54.1 Å². The maximum Gasteiger partial charge on any atom is 0.252 e. The zero-order valence-corrected chi connectivity index (χ0v) is 17.9. The number of sulfonamides is 1. The van der Waals surface area contributed by atoms with Crippen molar-refractivity contribution in [2.45, 2.75) is 24.3 Å². The number of aryl methyl sites for hydroxylation is 1. The van der Waals surface area contributed by atoms with Gasteiger partial charge in [0.05, 0.1) is 10.9 Å². The molecule has 1 N–H and O–H groups in total. The standard InChI is InChI=1S/C24H23N3O3S/c1-18-10-12-21(13-11-18)31(29,30)26-22(20-7-3-2-4-8-20)15-19-16-24(28)27(17-19)23-9-5-6-14-25-23/h2-14,16,22,26H,15,17H2,1H3. The minimum absolute atomic E-state index is 0.151. The van der Waals surface area contributed by atoms with Gasteiger partial charge in [0.15, 0.2) is 0 Å². The second kappa shape index (κ2) is 8.83. The highest BCUT2D eigenvalue weighted by atomic mass is 32.2. The maximum atomic E-state index is 13.0. The van der Waals surface area contributed by atoms with E-state index in [2.05, 4.69) is 9.71 Å². The van der Waals surface area contributed by atoms with E-state index in [1.54, 1.807) is 53.6 Å². The van der Waals surface area contributed by atoms with Gasteiger partial charge in [-0.2, -0.15) is 0 Å². The lowest BCUT2D eigenvalue weighted by atomic mass is 10.0. The third kappa shape index (κ3) is 4.90. The molecule has 1 aromatic heterocycles. The van der Waals surface area contributed by atoms with Crippen LogP contribution in [0.5, 0.6) is 0 Å². The number of benzene rings is 2. The molecule has 6 nitrogen and oxygen atoms in total. The number of hydrogen-bond acceptors (Lipinski definition) is 4. The Balaban J connectivity index is 1.57. The highest BCUT2D eigenvalue weighted by Gasteiger charge is 2.28. The summed E-state index contributed by atoms with van der Waals surface area (Å²) in [5.41, 5.74) is 2.67. The Morgan fingerprint density at radius 1 is 1.00 bits per heavy atom. The molecule has 4 rings (SSSR count). The van der Waals surface area contributed by atoms with Crippen LogP contribution in [0.2, 0.25) is 0 Å². The summed E-state index contributed by atoms with van der Waals surface area (Å²) >= 11 is 0. The Morgan fingerprint density at radius 3 is 2.39 bits per heavy atom. The first-order valence-corrected chi connectivity index (χ1v) is 11.5. The van der Waals surface area contributed by atoms with Crippen molar-refractivity contribution < 1.29 is 13.2 Å². The topological polar surface area (TPSA) is 79.4 Å². The largest absolute Gasteiger partial charge is 0.289 e. The zero-order valence-electron chi connectivity index (χ0n) is 17.1. The van der Waals surface area contributed by atoms with Gasteiger partial charge in [0.25, 0.3) is 5.91 Å². The summed E-state index contributed by atoms with van der Waals surface area (Å²) in [4.78, 5) is 18.6. The molecule has 1 aliphatic rings. The van der Waals surface area contributed by atoms with E-state index < -0.39 is 16.1 Å². The van der Waals surface area contributed by atoms with Crippen LogP contribution in [0.3, 0.4) is 0 Å². The minimum Gasteiger partial charge on any atom is -0.289 e. The monoisotopic (exact) mass is 433 g/mol. The van der Waals surface area contributed by atoms with Crippen molar-refractivity contribution in [3.8, 4) is 0 Å². The van der Waals surface area contributed by atoms with Crippen LogP contribution in [-0.2, 0) is 14.8 Å². The Labute approximate surface area is 182 Å². The fourth-order valence-corrected chi connectivity index (χ4v) is 4.78. The van der Waals surface area contributed by atoms with Gasteiger partial charge in [-0.05, 0) is 48.7 Å². The number of amides is 1. The molecule has 0 bridgehead atoms. The number of aromatic nitrogens is 1. The SMILES string of the molecule is Cc1ccc(S(=O)(=O)NC(CC2=CC(=O)N(c3ccccn3)C2)c2ccccc2)cc1. The molecule has 7 heteroatoms. The van der Waals surface area contributed by atoms with Gasteiger partial charge in [-0.15, -0.1) is 0 Å². The van der Waals surface area contributed by atoms with Crippen LogP contribution >= 0.6 is 0 Å². The Morgan fingerprint density at radius 2 is 1.71 bits per heavy atom. The minimum atomic E-state index is -3.73. The number of carbonyl (C=O) groups is 1. The van der Waals surface area contributed by atoms with Crippen LogP contribution in [-0.4, -0.2) is 25.9 Å². The van der Waals surface area contributed by atoms with Crippen LogP contribution in [0.1, 0.15) is 23.6 Å². The third-order valence-corrected chi connectivity index (χ3v) is 6.67. The second-order valence-corrected chi connectivity index (χ2v) is 9.23. The van der Waals surface area contributed by atoms with E-state index in [-0.39, 0.29) is 10.8 Å². The first-order valence-electron chi connectivity index (χ1n) is 9.98. The molecule has 0 fully saturated rings. The van der Waals surface area contributed by atoms with Crippen molar-refractivity contribution in [2.24, 2.45) is 0 Å². The molecule has 158 valence electrons. The van der Waals surface area contributed by atoms with E-state index in [0.29, 0.717) is 18.8 Å². The highest BCUT2D eigenvalue weighted by molar-refractivity contribution is 7.89. The lowest BCUT2D eigenvalue weighted by molar-refractivity contribution is -0.113. The molecule has 1 amide bonds. The van der Waals surface area contributed by atoms with Crippen molar-refractivity contribution in [3.63, 3.8) is 0 Å². The molecule has 2 aromatic carbocycles. The van der Waals surface area contributed by atoms with Crippen LogP contribution in [0.15, 0.2) is 95.5 Å². The number of anilines is 1. The molecule has 1 unspecified atom stereocenters. The van der Waals surface area contributed by atoms with Crippen LogP contribution in [0.25, 0.3) is 0 Å². The van der Waals surface area contributed by atoms with Gasteiger partial charge in [0.1, 0.15) is 5.82 Å². The molecule has 0 spiro atoms. The summed E-state index contributed by atoms with van der Waals surface area (Å²) < 4.78 is 28.9. The zero-order chi connectivity index (χ0) is 21.8. The number of nitrogens with zero attached hydrogens (tertiary/aromatic N) is 2. The molecule has 1 atom stereocenters. The summed E-state index contributed by atoms with van der Waals surface area (Å²) in [6.07, 6.45) is 3.60. The lowest BCUT2D eigenvalue weighted by Gasteiger charge is -2.21. The van der Waals surface area contributed by atoms with E-state index in [1.165, 1.54) is 0 Å². The Bertz CT molecular complexity index is 1190. The summed E-state index contributed by atoms with van der Waals surface area (Å²) in [5, 5.41) is 0. The Hall–Kier alpha value is -3.29. The van der Waals surface area contributed by atoms with Crippen LogP contribution in [0, 0.1) is 6.92 Å². The first kappa shape index (κ1) is 21.0. The van der Waals surface area contributed by atoms with Gasteiger partial charge in [0, 0.05) is 18.8 Å². The number of nitrogens with one attached hydrogen (secondary N) is 1. The van der Waals surface area contributed by atoms with E-state index in [4.69, 9.17) is 0 Å².